The lowest BCUT2D eigenvalue weighted by Gasteiger charge is -2.32. The van der Waals surface area contributed by atoms with Gasteiger partial charge in [-0.05, 0) is 35.4 Å². The lowest BCUT2D eigenvalue weighted by atomic mass is 9.82. The van der Waals surface area contributed by atoms with E-state index in [4.69, 9.17) is 0 Å². The van der Waals surface area contributed by atoms with Gasteiger partial charge >= 0.3 is 0 Å². The van der Waals surface area contributed by atoms with Crippen LogP contribution in [0.4, 0.5) is 5.69 Å². The number of benzene rings is 2. The molecule has 0 unspecified atom stereocenters. The van der Waals surface area contributed by atoms with Crippen molar-refractivity contribution in [3.63, 3.8) is 0 Å². The highest BCUT2D eigenvalue weighted by atomic mass is 16.2. The number of para-hydroxylation sites is 1. The topological polar surface area (TPSA) is 58.2 Å². The van der Waals surface area contributed by atoms with E-state index in [9.17, 15) is 9.59 Å². The number of rotatable bonds is 5. The van der Waals surface area contributed by atoms with Crippen LogP contribution in [0.1, 0.15) is 50.8 Å². The first kappa shape index (κ1) is 19.2. The van der Waals surface area contributed by atoms with Crippen molar-refractivity contribution < 1.29 is 9.59 Å². The molecule has 0 radical (unpaired) electrons. The Morgan fingerprint density at radius 1 is 1.11 bits per heavy atom. The Morgan fingerprint density at radius 2 is 1.78 bits per heavy atom. The number of nitrogens with one attached hydrogen (secondary N) is 2. The van der Waals surface area contributed by atoms with Crippen LogP contribution in [0.2, 0.25) is 0 Å². The van der Waals surface area contributed by atoms with E-state index < -0.39 is 0 Å². The third-order valence-electron chi connectivity index (χ3n) is 5.14. The highest BCUT2D eigenvalue weighted by Gasteiger charge is 2.29. The third-order valence-corrected chi connectivity index (χ3v) is 5.14. The van der Waals surface area contributed by atoms with Crippen LogP contribution < -0.4 is 10.6 Å². The van der Waals surface area contributed by atoms with Crippen molar-refractivity contribution in [2.24, 2.45) is 11.3 Å². The fourth-order valence-electron chi connectivity index (χ4n) is 3.63. The van der Waals surface area contributed by atoms with E-state index in [-0.39, 0.29) is 29.2 Å². The molecule has 1 aliphatic rings. The predicted molar refractivity (Wildman–Crippen MR) is 108 cm³/mol. The van der Waals surface area contributed by atoms with Crippen LogP contribution in [0.3, 0.4) is 0 Å². The van der Waals surface area contributed by atoms with E-state index in [0.717, 1.165) is 16.8 Å². The molecule has 1 heterocycles. The van der Waals surface area contributed by atoms with Crippen LogP contribution in [0.15, 0.2) is 54.6 Å². The molecule has 4 heteroatoms. The van der Waals surface area contributed by atoms with Gasteiger partial charge in [-0.1, -0.05) is 69.3 Å². The van der Waals surface area contributed by atoms with Crippen molar-refractivity contribution in [1.82, 2.24) is 5.32 Å². The standard InChI is InChI=1S/C23H28N2O2/c1-23(2,3)21(16-9-5-4-6-10-16)25-20(26)14-13-18-15-17-11-7-8-12-19(17)24-22(18)27/h4-12,18,21H,13-15H2,1-3H3,(H,24,27)(H,25,26)/t18-,21+/m1/s1. The Kier molecular flexibility index (Phi) is 5.64. The average Bonchev–Trinajstić information content (AvgIpc) is 2.64. The van der Waals surface area contributed by atoms with Crippen molar-refractivity contribution >= 4 is 17.5 Å². The quantitative estimate of drug-likeness (QED) is 0.822. The van der Waals surface area contributed by atoms with Crippen molar-refractivity contribution in [1.29, 1.82) is 0 Å². The first-order chi connectivity index (χ1) is 12.8. The van der Waals surface area contributed by atoms with E-state index in [1.807, 2.05) is 54.6 Å². The molecule has 0 saturated carbocycles. The number of amides is 2. The van der Waals surface area contributed by atoms with Gasteiger partial charge in [-0.2, -0.15) is 0 Å². The van der Waals surface area contributed by atoms with E-state index in [2.05, 4.69) is 31.4 Å². The van der Waals surface area contributed by atoms with Crippen LogP contribution in [-0.2, 0) is 16.0 Å². The zero-order valence-corrected chi connectivity index (χ0v) is 16.3. The van der Waals surface area contributed by atoms with Crippen LogP contribution in [0.5, 0.6) is 0 Å². The fourth-order valence-corrected chi connectivity index (χ4v) is 3.63. The molecule has 0 aromatic heterocycles. The lowest BCUT2D eigenvalue weighted by Crippen LogP contribution is -2.37. The van der Waals surface area contributed by atoms with Crippen molar-refractivity contribution in [2.45, 2.75) is 46.1 Å². The van der Waals surface area contributed by atoms with Gasteiger partial charge in [0, 0.05) is 18.0 Å². The number of fused-ring (bicyclic) bond motifs is 1. The van der Waals surface area contributed by atoms with Gasteiger partial charge in [0.1, 0.15) is 0 Å². The normalized spacial score (nSPS) is 17.6. The predicted octanol–water partition coefficient (Wildman–Crippen LogP) is 4.48. The number of anilines is 1. The molecule has 0 spiro atoms. The summed E-state index contributed by atoms with van der Waals surface area (Å²) in [7, 11) is 0. The summed E-state index contributed by atoms with van der Waals surface area (Å²) in [5.41, 5.74) is 3.03. The molecule has 0 fully saturated rings. The average molecular weight is 364 g/mol. The third kappa shape index (κ3) is 4.76. The van der Waals surface area contributed by atoms with Gasteiger partial charge in [0.15, 0.2) is 0 Å². The molecular formula is C23H28N2O2. The maximum Gasteiger partial charge on any atom is 0.227 e. The van der Waals surface area contributed by atoms with Gasteiger partial charge in [-0.3, -0.25) is 9.59 Å². The summed E-state index contributed by atoms with van der Waals surface area (Å²) in [6, 6.07) is 17.8. The monoisotopic (exact) mass is 364 g/mol. The zero-order chi connectivity index (χ0) is 19.4. The minimum atomic E-state index is -0.157. The Hall–Kier alpha value is -2.62. The molecule has 3 rings (SSSR count). The summed E-state index contributed by atoms with van der Waals surface area (Å²) >= 11 is 0. The molecule has 0 saturated heterocycles. The van der Waals surface area contributed by atoms with Gasteiger partial charge in [0.2, 0.25) is 11.8 Å². The minimum Gasteiger partial charge on any atom is -0.349 e. The second kappa shape index (κ2) is 7.95. The molecule has 142 valence electrons. The molecule has 4 nitrogen and oxygen atoms in total. The molecule has 2 amide bonds. The Balaban J connectivity index is 1.61. The summed E-state index contributed by atoms with van der Waals surface area (Å²) in [4.78, 5) is 25.0. The van der Waals surface area contributed by atoms with Crippen molar-refractivity contribution in [3.05, 3.63) is 65.7 Å². The van der Waals surface area contributed by atoms with E-state index >= 15 is 0 Å². The lowest BCUT2D eigenvalue weighted by molar-refractivity contribution is -0.124. The van der Waals surface area contributed by atoms with Crippen LogP contribution >= 0.6 is 0 Å². The number of carbonyl (C=O) groups excluding carboxylic acids is 2. The highest BCUT2D eigenvalue weighted by molar-refractivity contribution is 5.96. The Bertz CT molecular complexity index is 809. The first-order valence-electron chi connectivity index (χ1n) is 9.57. The van der Waals surface area contributed by atoms with Gasteiger partial charge in [0.05, 0.1) is 6.04 Å². The second-order valence-electron chi connectivity index (χ2n) is 8.36. The molecule has 2 N–H and O–H groups in total. The van der Waals surface area contributed by atoms with E-state index in [1.165, 1.54) is 0 Å². The molecule has 2 aromatic rings. The molecule has 2 aromatic carbocycles. The van der Waals surface area contributed by atoms with Crippen LogP contribution in [0, 0.1) is 11.3 Å². The number of carbonyl (C=O) groups is 2. The smallest absolute Gasteiger partial charge is 0.227 e. The summed E-state index contributed by atoms with van der Waals surface area (Å²) in [6.07, 6.45) is 1.59. The van der Waals surface area contributed by atoms with E-state index in [1.54, 1.807) is 0 Å². The maximum atomic E-state index is 12.6. The highest BCUT2D eigenvalue weighted by Crippen LogP contribution is 2.33. The molecule has 1 aliphatic heterocycles. The van der Waals surface area contributed by atoms with Gasteiger partial charge in [-0.15, -0.1) is 0 Å². The van der Waals surface area contributed by atoms with Crippen molar-refractivity contribution in [3.8, 4) is 0 Å². The van der Waals surface area contributed by atoms with Gasteiger partial charge in [0.25, 0.3) is 0 Å². The first-order valence-corrected chi connectivity index (χ1v) is 9.57. The molecular weight excluding hydrogens is 336 g/mol. The fraction of sp³-hybridized carbons (Fsp3) is 0.391. The van der Waals surface area contributed by atoms with Crippen LogP contribution in [0.25, 0.3) is 0 Å². The van der Waals surface area contributed by atoms with Gasteiger partial charge in [-0.25, -0.2) is 0 Å². The maximum absolute atomic E-state index is 12.6. The van der Waals surface area contributed by atoms with Crippen LogP contribution in [-0.4, -0.2) is 11.8 Å². The summed E-state index contributed by atoms with van der Waals surface area (Å²) in [5.74, 6) is -0.155. The summed E-state index contributed by atoms with van der Waals surface area (Å²) in [5, 5.41) is 6.13. The Labute approximate surface area is 161 Å². The summed E-state index contributed by atoms with van der Waals surface area (Å²) < 4.78 is 0. The minimum absolute atomic E-state index is 0.00885. The van der Waals surface area contributed by atoms with E-state index in [0.29, 0.717) is 19.3 Å². The molecule has 0 aliphatic carbocycles. The van der Waals surface area contributed by atoms with Crippen molar-refractivity contribution in [2.75, 3.05) is 5.32 Å². The zero-order valence-electron chi connectivity index (χ0n) is 16.3. The molecule has 27 heavy (non-hydrogen) atoms. The molecule has 0 bridgehead atoms. The Morgan fingerprint density at radius 3 is 2.48 bits per heavy atom. The largest absolute Gasteiger partial charge is 0.349 e. The van der Waals surface area contributed by atoms with Gasteiger partial charge < -0.3 is 10.6 Å². The number of hydrogen-bond acceptors (Lipinski definition) is 2. The molecule has 2 atom stereocenters. The number of hydrogen-bond donors (Lipinski definition) is 2. The second-order valence-corrected chi connectivity index (χ2v) is 8.36. The SMILES string of the molecule is CC(C)(C)[C@@H](NC(=O)CC[C@@H]1Cc2ccccc2NC1=O)c1ccccc1. The summed E-state index contributed by atoms with van der Waals surface area (Å²) in [6.45, 7) is 6.36.